The first-order valence-electron chi connectivity index (χ1n) is 10.2. The molecule has 0 saturated heterocycles. The Balaban J connectivity index is 0.000000454. The number of anilines is 2. The van der Waals surface area contributed by atoms with Gasteiger partial charge in [0.1, 0.15) is 11.8 Å². The molecule has 36 heavy (non-hydrogen) atoms. The topological polar surface area (TPSA) is 158 Å². The third-order valence-electron chi connectivity index (χ3n) is 5.17. The molecule has 1 saturated carbocycles. The van der Waals surface area contributed by atoms with Gasteiger partial charge in [0.15, 0.2) is 0 Å². The highest BCUT2D eigenvalue weighted by Crippen LogP contribution is 2.33. The lowest BCUT2D eigenvalue weighted by Crippen LogP contribution is -2.55. The van der Waals surface area contributed by atoms with Crippen LogP contribution in [0.4, 0.5) is 33.6 Å². The summed E-state index contributed by atoms with van der Waals surface area (Å²) in [4.78, 5) is 25.7. The van der Waals surface area contributed by atoms with Crippen LogP contribution in [0.15, 0.2) is 29.1 Å². The van der Waals surface area contributed by atoms with Gasteiger partial charge in [-0.1, -0.05) is 0 Å². The third-order valence-corrected chi connectivity index (χ3v) is 5.91. The van der Waals surface area contributed by atoms with Gasteiger partial charge in [-0.15, -0.1) is 16.4 Å². The van der Waals surface area contributed by atoms with Crippen molar-refractivity contribution in [2.24, 2.45) is 5.73 Å². The monoisotopic (exact) mass is 531 g/mol. The van der Waals surface area contributed by atoms with E-state index in [1.165, 1.54) is 22.0 Å². The maximum absolute atomic E-state index is 13.9. The number of rotatable bonds is 4. The van der Waals surface area contributed by atoms with Gasteiger partial charge in [-0.25, -0.2) is 23.1 Å². The molecule has 1 aliphatic rings. The minimum absolute atomic E-state index is 0.106. The highest BCUT2D eigenvalue weighted by Gasteiger charge is 2.45. The van der Waals surface area contributed by atoms with Crippen LogP contribution in [0.3, 0.4) is 0 Å². The number of nitrogens with two attached hydrogens (primary N) is 1. The molecule has 2 atom stereocenters. The van der Waals surface area contributed by atoms with Crippen molar-refractivity contribution >= 4 is 40.4 Å². The van der Waals surface area contributed by atoms with Crippen molar-refractivity contribution in [2.75, 3.05) is 10.6 Å². The standard InChI is InChI=1S/C18H17F2N7OS.C2HF3O2/c19-18(20)5-1-2-12(15(18)22)25-17-23-7-11-3-4-14(27(11)26-17)16(28)24-13-9-29-8-10(13)6-21;3-2(4,5)1(6)7/h3-4,7-9,12,15H,1-2,5,22H2,(H,24,28)(H,25,26);(H,6,7)/t12-,15-;/m1./s1. The number of amides is 1. The summed E-state index contributed by atoms with van der Waals surface area (Å²) < 4.78 is 60.9. The molecule has 0 bridgehead atoms. The van der Waals surface area contributed by atoms with Gasteiger partial charge in [0.25, 0.3) is 11.8 Å². The van der Waals surface area contributed by atoms with Gasteiger partial charge < -0.3 is 21.5 Å². The summed E-state index contributed by atoms with van der Waals surface area (Å²) in [6.45, 7) is 0. The molecule has 1 aliphatic carbocycles. The molecule has 0 spiro atoms. The van der Waals surface area contributed by atoms with Crippen molar-refractivity contribution in [1.29, 1.82) is 5.26 Å². The maximum atomic E-state index is 13.9. The quantitative estimate of drug-likeness (QED) is 0.373. The van der Waals surface area contributed by atoms with Gasteiger partial charge in [-0.05, 0) is 25.0 Å². The third kappa shape index (κ3) is 6.04. The molecule has 3 aromatic heterocycles. The second-order valence-corrected chi connectivity index (χ2v) is 8.38. The molecule has 192 valence electrons. The number of carbonyl (C=O) groups is 2. The van der Waals surface area contributed by atoms with E-state index in [9.17, 15) is 26.7 Å². The summed E-state index contributed by atoms with van der Waals surface area (Å²) in [5.41, 5.74) is 7.28. The van der Waals surface area contributed by atoms with Crippen LogP contribution in [0.2, 0.25) is 0 Å². The normalized spacial score (nSPS) is 19.0. The Kier molecular flexibility index (Phi) is 7.74. The SMILES string of the molecule is N#Cc1cscc1NC(=O)c1ccc2cnc(N[C@@H]3CCCC(F)(F)[C@@H]3N)nn12.O=C(O)C(F)(F)F. The molecular formula is C20H18F5N7O3S. The van der Waals surface area contributed by atoms with E-state index in [2.05, 4.69) is 20.7 Å². The highest BCUT2D eigenvalue weighted by molar-refractivity contribution is 7.08. The predicted molar refractivity (Wildman–Crippen MR) is 118 cm³/mol. The number of aliphatic carboxylic acids is 1. The van der Waals surface area contributed by atoms with Gasteiger partial charge in [0.05, 0.1) is 35.0 Å². The fourth-order valence-electron chi connectivity index (χ4n) is 3.33. The van der Waals surface area contributed by atoms with E-state index in [-0.39, 0.29) is 18.1 Å². The minimum Gasteiger partial charge on any atom is -0.475 e. The smallest absolute Gasteiger partial charge is 0.475 e. The first-order chi connectivity index (χ1) is 16.8. The van der Waals surface area contributed by atoms with Crippen molar-refractivity contribution in [2.45, 2.75) is 43.4 Å². The zero-order chi connectivity index (χ0) is 26.7. The van der Waals surface area contributed by atoms with Gasteiger partial charge in [0, 0.05) is 17.2 Å². The number of alkyl halides is 5. The van der Waals surface area contributed by atoms with Crippen LogP contribution in [-0.4, -0.2) is 55.8 Å². The van der Waals surface area contributed by atoms with Crippen molar-refractivity contribution in [3.05, 3.63) is 40.3 Å². The number of carbonyl (C=O) groups excluding carboxylic acids is 1. The summed E-state index contributed by atoms with van der Waals surface area (Å²) in [5.74, 6) is -6.05. The average Bonchev–Trinajstić information content (AvgIpc) is 3.43. The molecule has 10 nitrogen and oxygen atoms in total. The van der Waals surface area contributed by atoms with Crippen LogP contribution in [0, 0.1) is 11.3 Å². The average molecular weight is 531 g/mol. The van der Waals surface area contributed by atoms with Gasteiger partial charge in [-0.3, -0.25) is 4.79 Å². The number of halogens is 5. The molecule has 0 unspecified atom stereocenters. The van der Waals surface area contributed by atoms with Gasteiger partial charge >= 0.3 is 12.1 Å². The molecule has 1 amide bonds. The zero-order valence-electron chi connectivity index (χ0n) is 18.1. The molecule has 1 fully saturated rings. The first-order valence-corrected chi connectivity index (χ1v) is 11.1. The Morgan fingerprint density at radius 3 is 2.64 bits per heavy atom. The van der Waals surface area contributed by atoms with Crippen molar-refractivity contribution < 1.29 is 36.6 Å². The lowest BCUT2D eigenvalue weighted by atomic mass is 9.87. The van der Waals surface area contributed by atoms with Gasteiger partial charge in [-0.2, -0.15) is 18.4 Å². The number of nitriles is 1. The summed E-state index contributed by atoms with van der Waals surface area (Å²) in [7, 11) is 0. The van der Waals surface area contributed by atoms with Crippen LogP contribution in [0.1, 0.15) is 35.3 Å². The van der Waals surface area contributed by atoms with Crippen LogP contribution in [0.5, 0.6) is 0 Å². The van der Waals surface area contributed by atoms with E-state index in [0.29, 0.717) is 29.6 Å². The summed E-state index contributed by atoms with van der Waals surface area (Å²) in [5, 5.41) is 29.3. The molecule has 3 aromatic rings. The molecule has 5 N–H and O–H groups in total. The number of carboxylic acid groups (broad SMARTS) is 1. The van der Waals surface area contributed by atoms with Crippen LogP contribution in [0.25, 0.3) is 5.52 Å². The number of fused-ring (bicyclic) bond motifs is 1. The molecule has 0 aromatic carbocycles. The number of aromatic nitrogens is 3. The number of hydrogen-bond acceptors (Lipinski definition) is 8. The Bertz CT molecular complexity index is 1300. The van der Waals surface area contributed by atoms with E-state index in [1.807, 2.05) is 6.07 Å². The number of nitrogens with one attached hydrogen (secondary N) is 2. The lowest BCUT2D eigenvalue weighted by molar-refractivity contribution is -0.192. The van der Waals surface area contributed by atoms with Crippen LogP contribution in [-0.2, 0) is 4.79 Å². The fraction of sp³-hybridized carbons (Fsp3) is 0.350. The second kappa shape index (κ2) is 10.4. The summed E-state index contributed by atoms with van der Waals surface area (Å²) in [6, 6.07) is 3.23. The van der Waals surface area contributed by atoms with E-state index in [1.54, 1.807) is 22.9 Å². The lowest BCUT2D eigenvalue weighted by Gasteiger charge is -2.35. The Morgan fingerprint density at radius 1 is 1.31 bits per heavy atom. The van der Waals surface area contributed by atoms with E-state index in [0.717, 1.165) is 0 Å². The van der Waals surface area contributed by atoms with Crippen LogP contribution < -0.4 is 16.4 Å². The van der Waals surface area contributed by atoms with Crippen molar-refractivity contribution in [1.82, 2.24) is 14.6 Å². The molecule has 16 heteroatoms. The Labute approximate surface area is 203 Å². The molecule has 4 rings (SSSR count). The first kappa shape index (κ1) is 26.8. The van der Waals surface area contributed by atoms with Crippen molar-refractivity contribution in [3.63, 3.8) is 0 Å². The molecule has 0 aliphatic heterocycles. The zero-order valence-corrected chi connectivity index (χ0v) is 18.9. The highest BCUT2D eigenvalue weighted by atomic mass is 32.1. The summed E-state index contributed by atoms with van der Waals surface area (Å²) in [6.07, 6.45) is -3.00. The largest absolute Gasteiger partial charge is 0.490 e. The van der Waals surface area contributed by atoms with Gasteiger partial charge in [0.2, 0.25) is 5.95 Å². The number of thiophene rings is 1. The summed E-state index contributed by atoms with van der Waals surface area (Å²) >= 11 is 1.30. The molecule has 3 heterocycles. The second-order valence-electron chi connectivity index (χ2n) is 7.63. The predicted octanol–water partition coefficient (Wildman–Crippen LogP) is 3.48. The number of hydrogen-bond donors (Lipinski definition) is 4. The van der Waals surface area contributed by atoms with E-state index < -0.39 is 36.1 Å². The fourth-order valence-corrected chi connectivity index (χ4v) is 4.04. The van der Waals surface area contributed by atoms with E-state index >= 15 is 0 Å². The Hall–Kier alpha value is -3.84. The number of nitrogens with zero attached hydrogens (tertiary/aromatic N) is 4. The van der Waals surface area contributed by atoms with Crippen molar-refractivity contribution in [3.8, 4) is 6.07 Å². The number of carboxylic acids is 1. The minimum atomic E-state index is -5.08. The Morgan fingerprint density at radius 2 is 2.00 bits per heavy atom. The maximum Gasteiger partial charge on any atom is 0.490 e. The van der Waals surface area contributed by atoms with E-state index in [4.69, 9.17) is 20.9 Å². The van der Waals surface area contributed by atoms with Crippen LogP contribution >= 0.6 is 11.3 Å². The molecule has 0 radical (unpaired) electrons. The molecular weight excluding hydrogens is 513 g/mol.